The van der Waals surface area contributed by atoms with Gasteiger partial charge in [0.1, 0.15) is 6.33 Å². The molecule has 0 saturated heterocycles. The van der Waals surface area contributed by atoms with Gasteiger partial charge in [0.15, 0.2) is 0 Å². The van der Waals surface area contributed by atoms with Gasteiger partial charge >= 0.3 is 0 Å². The molecule has 2 rings (SSSR count). The van der Waals surface area contributed by atoms with E-state index in [1.807, 2.05) is 0 Å². The topological polar surface area (TPSA) is 76.9 Å². The molecule has 1 N–H and O–H groups in total. The lowest BCUT2D eigenvalue weighted by Crippen LogP contribution is -2.15. The predicted octanol–water partition coefficient (Wildman–Crippen LogP) is 2.39. The molecule has 0 atom stereocenters. The lowest BCUT2D eigenvalue weighted by molar-refractivity contribution is 0.601. The van der Waals surface area contributed by atoms with Crippen LogP contribution in [0.4, 0.5) is 5.95 Å². The molecule has 0 saturated carbocycles. The van der Waals surface area contributed by atoms with E-state index < -0.39 is 10.0 Å². The highest BCUT2D eigenvalue weighted by atomic mass is 35.5. The zero-order chi connectivity index (χ0) is 14.8. The third-order valence-corrected chi connectivity index (χ3v) is 4.35. The van der Waals surface area contributed by atoms with Crippen molar-refractivity contribution < 1.29 is 8.42 Å². The third kappa shape index (κ3) is 3.84. The molecular weight excluding hydrogens is 323 g/mol. The Morgan fingerprint density at radius 2 is 2.10 bits per heavy atom. The summed E-state index contributed by atoms with van der Waals surface area (Å²) in [5.41, 5.74) is 0.811. The van der Waals surface area contributed by atoms with Crippen LogP contribution in [0.1, 0.15) is 12.5 Å². The maximum absolute atomic E-state index is 11.4. The normalized spacial score (nSPS) is 11.6. The second kappa shape index (κ2) is 5.99. The average Bonchev–Trinajstić information content (AvgIpc) is 2.79. The number of anilines is 1. The van der Waals surface area contributed by atoms with Crippen molar-refractivity contribution in [2.45, 2.75) is 13.5 Å². The Labute approximate surface area is 126 Å². The molecule has 1 heterocycles. The van der Waals surface area contributed by atoms with Gasteiger partial charge in [0.2, 0.25) is 10.0 Å². The van der Waals surface area contributed by atoms with Gasteiger partial charge in [-0.15, -0.1) is 5.10 Å². The Morgan fingerprint density at radius 3 is 2.75 bits per heavy atom. The van der Waals surface area contributed by atoms with Crippen LogP contribution in [0.3, 0.4) is 0 Å². The molecule has 0 aliphatic carbocycles. The highest BCUT2D eigenvalue weighted by Crippen LogP contribution is 2.21. The Bertz CT molecular complexity index is 715. The molecule has 1 aromatic carbocycles. The molecular formula is C11H12Cl2N4O2S. The smallest absolute Gasteiger partial charge is 0.250 e. The molecule has 0 fully saturated rings. The largest absolute Gasteiger partial charge is 0.255 e. The molecule has 108 valence electrons. The summed E-state index contributed by atoms with van der Waals surface area (Å²) in [6, 6.07) is 5.14. The molecule has 0 spiro atoms. The summed E-state index contributed by atoms with van der Waals surface area (Å²) >= 11 is 11.9. The standard InChI is InChI=1S/C11H12Cl2N4O2S/c1-2-20(18,19)16-11-14-7-17(15-11)6-8-3-4-9(12)5-10(8)13/h3-5,7H,2,6H2,1H3,(H,15,16). The fraction of sp³-hybridized carbons (Fsp3) is 0.273. The van der Waals surface area contributed by atoms with Gasteiger partial charge in [-0.1, -0.05) is 29.3 Å². The first-order valence-corrected chi connectivity index (χ1v) is 8.14. The lowest BCUT2D eigenvalue weighted by atomic mass is 10.2. The molecule has 1 aromatic heterocycles. The first-order chi connectivity index (χ1) is 9.39. The second-order valence-corrected chi connectivity index (χ2v) is 6.86. The third-order valence-electron chi connectivity index (χ3n) is 2.51. The van der Waals surface area contributed by atoms with Crippen molar-refractivity contribution in [2.75, 3.05) is 10.5 Å². The summed E-state index contributed by atoms with van der Waals surface area (Å²) in [5, 5.41) is 5.09. The fourth-order valence-corrected chi connectivity index (χ4v) is 2.44. The van der Waals surface area contributed by atoms with Crippen LogP contribution in [-0.2, 0) is 16.6 Å². The molecule has 0 radical (unpaired) electrons. The van der Waals surface area contributed by atoms with Gasteiger partial charge in [-0.25, -0.2) is 17.8 Å². The van der Waals surface area contributed by atoms with Crippen LogP contribution >= 0.6 is 23.2 Å². The Morgan fingerprint density at radius 1 is 1.35 bits per heavy atom. The number of nitrogens with one attached hydrogen (secondary N) is 1. The quantitative estimate of drug-likeness (QED) is 0.910. The first-order valence-electron chi connectivity index (χ1n) is 5.73. The van der Waals surface area contributed by atoms with E-state index in [2.05, 4.69) is 14.8 Å². The van der Waals surface area contributed by atoms with Gasteiger partial charge in [0.25, 0.3) is 5.95 Å². The fourth-order valence-electron chi connectivity index (χ4n) is 1.45. The van der Waals surface area contributed by atoms with Crippen molar-refractivity contribution in [3.63, 3.8) is 0 Å². The summed E-state index contributed by atoms with van der Waals surface area (Å²) < 4.78 is 26.5. The monoisotopic (exact) mass is 334 g/mol. The van der Waals surface area contributed by atoms with Crippen molar-refractivity contribution in [2.24, 2.45) is 0 Å². The van der Waals surface area contributed by atoms with E-state index in [-0.39, 0.29) is 11.7 Å². The Kier molecular flexibility index (Phi) is 4.52. The van der Waals surface area contributed by atoms with Gasteiger partial charge in [0.05, 0.1) is 12.3 Å². The molecule has 9 heteroatoms. The maximum Gasteiger partial charge on any atom is 0.255 e. The number of halogens is 2. The number of rotatable bonds is 5. The second-order valence-electron chi connectivity index (χ2n) is 4.01. The van der Waals surface area contributed by atoms with Crippen LogP contribution in [0.5, 0.6) is 0 Å². The van der Waals surface area contributed by atoms with Crippen molar-refractivity contribution in [3.05, 3.63) is 40.1 Å². The van der Waals surface area contributed by atoms with Crippen LogP contribution in [0.2, 0.25) is 10.0 Å². The van der Waals surface area contributed by atoms with Gasteiger partial charge in [-0.2, -0.15) is 4.98 Å². The number of hydrogen-bond donors (Lipinski definition) is 1. The molecule has 0 unspecified atom stereocenters. The SMILES string of the molecule is CCS(=O)(=O)Nc1ncn(Cc2ccc(Cl)cc2Cl)n1. The van der Waals surface area contributed by atoms with E-state index >= 15 is 0 Å². The summed E-state index contributed by atoms with van der Waals surface area (Å²) in [6.07, 6.45) is 1.43. The van der Waals surface area contributed by atoms with E-state index in [0.29, 0.717) is 16.6 Å². The van der Waals surface area contributed by atoms with Crippen LogP contribution in [0, 0.1) is 0 Å². The Hall–Kier alpha value is -1.31. The van der Waals surface area contributed by atoms with Crippen LogP contribution in [-0.4, -0.2) is 28.9 Å². The van der Waals surface area contributed by atoms with E-state index in [9.17, 15) is 8.42 Å². The minimum Gasteiger partial charge on any atom is -0.250 e. The summed E-state index contributed by atoms with van der Waals surface area (Å²) in [7, 11) is -3.38. The number of sulfonamides is 1. The highest BCUT2D eigenvalue weighted by molar-refractivity contribution is 7.92. The molecule has 0 amide bonds. The summed E-state index contributed by atoms with van der Waals surface area (Å²) in [5.74, 6) is 0.00168. The zero-order valence-corrected chi connectivity index (χ0v) is 12.9. The van der Waals surface area contributed by atoms with Crippen molar-refractivity contribution >= 4 is 39.2 Å². The van der Waals surface area contributed by atoms with Gasteiger partial charge in [0, 0.05) is 10.0 Å². The first kappa shape index (κ1) is 15.1. The molecule has 6 nitrogen and oxygen atoms in total. The molecule has 2 aromatic rings. The molecule has 0 aliphatic heterocycles. The van der Waals surface area contributed by atoms with E-state index in [1.54, 1.807) is 18.2 Å². The minimum atomic E-state index is -3.38. The molecule has 0 bridgehead atoms. The number of benzene rings is 1. The summed E-state index contributed by atoms with van der Waals surface area (Å²) in [6.45, 7) is 1.91. The van der Waals surface area contributed by atoms with Crippen LogP contribution in [0.15, 0.2) is 24.5 Å². The van der Waals surface area contributed by atoms with Crippen molar-refractivity contribution in [1.82, 2.24) is 14.8 Å². The average molecular weight is 335 g/mol. The number of aromatic nitrogens is 3. The summed E-state index contributed by atoms with van der Waals surface area (Å²) in [4.78, 5) is 3.89. The predicted molar refractivity (Wildman–Crippen MR) is 78.7 cm³/mol. The zero-order valence-electron chi connectivity index (χ0n) is 10.5. The van der Waals surface area contributed by atoms with Gasteiger partial charge in [-0.3, -0.25) is 0 Å². The molecule has 20 heavy (non-hydrogen) atoms. The Balaban J connectivity index is 2.13. The van der Waals surface area contributed by atoms with E-state index in [0.717, 1.165) is 5.56 Å². The highest BCUT2D eigenvalue weighted by Gasteiger charge is 2.11. The number of nitrogens with zero attached hydrogens (tertiary/aromatic N) is 3. The number of hydrogen-bond acceptors (Lipinski definition) is 4. The van der Waals surface area contributed by atoms with Crippen LogP contribution < -0.4 is 4.72 Å². The van der Waals surface area contributed by atoms with Gasteiger partial charge in [-0.05, 0) is 24.6 Å². The maximum atomic E-state index is 11.4. The molecule has 0 aliphatic rings. The van der Waals surface area contributed by atoms with E-state index in [1.165, 1.54) is 17.9 Å². The minimum absolute atomic E-state index is 0.0372. The van der Waals surface area contributed by atoms with Crippen molar-refractivity contribution in [1.29, 1.82) is 0 Å². The van der Waals surface area contributed by atoms with E-state index in [4.69, 9.17) is 23.2 Å². The van der Waals surface area contributed by atoms with Crippen molar-refractivity contribution in [3.8, 4) is 0 Å². The van der Waals surface area contributed by atoms with Gasteiger partial charge < -0.3 is 0 Å². The lowest BCUT2D eigenvalue weighted by Gasteiger charge is -2.04. The van der Waals surface area contributed by atoms with Crippen LogP contribution in [0.25, 0.3) is 0 Å².